The molecule has 0 atom stereocenters. The van der Waals surface area contributed by atoms with Crippen LogP contribution in [0.3, 0.4) is 0 Å². The Morgan fingerprint density at radius 2 is 1.55 bits per heavy atom. The molecule has 5 nitrogen and oxygen atoms in total. The molecular formula is C21H24Cl2FN3O2. The third-order valence-electron chi connectivity index (χ3n) is 4.96. The van der Waals surface area contributed by atoms with Gasteiger partial charge in [0.15, 0.2) is 5.58 Å². The van der Waals surface area contributed by atoms with E-state index < -0.39 is 0 Å². The summed E-state index contributed by atoms with van der Waals surface area (Å²) < 4.78 is 19.9. The number of fused-ring (bicyclic) bond motifs is 1. The lowest BCUT2D eigenvalue weighted by Crippen LogP contribution is -2.46. The Kier molecular flexibility index (Phi) is 8.32. The van der Waals surface area contributed by atoms with Crippen molar-refractivity contribution in [1.82, 2.24) is 9.47 Å². The van der Waals surface area contributed by atoms with Crippen molar-refractivity contribution in [3.63, 3.8) is 0 Å². The number of anilines is 1. The van der Waals surface area contributed by atoms with Gasteiger partial charge >= 0.3 is 5.76 Å². The van der Waals surface area contributed by atoms with E-state index in [4.69, 9.17) is 4.42 Å². The summed E-state index contributed by atoms with van der Waals surface area (Å²) in [6.07, 6.45) is 4.11. The molecule has 156 valence electrons. The van der Waals surface area contributed by atoms with Crippen LogP contribution in [0.5, 0.6) is 0 Å². The van der Waals surface area contributed by atoms with Crippen molar-refractivity contribution < 1.29 is 8.81 Å². The molecule has 1 fully saturated rings. The summed E-state index contributed by atoms with van der Waals surface area (Å²) in [6.45, 7) is 5.11. The Morgan fingerprint density at radius 3 is 2.28 bits per heavy atom. The Bertz CT molecular complexity index is 993. The van der Waals surface area contributed by atoms with Crippen LogP contribution in [0.2, 0.25) is 0 Å². The summed E-state index contributed by atoms with van der Waals surface area (Å²) in [5.74, 6) is -0.527. The summed E-state index contributed by atoms with van der Waals surface area (Å²) in [4.78, 5) is 16.6. The predicted molar refractivity (Wildman–Crippen MR) is 119 cm³/mol. The van der Waals surface area contributed by atoms with Crippen molar-refractivity contribution in [1.29, 1.82) is 0 Å². The highest BCUT2D eigenvalue weighted by Gasteiger charge is 2.16. The first-order chi connectivity index (χ1) is 13.2. The third-order valence-corrected chi connectivity index (χ3v) is 4.96. The highest BCUT2D eigenvalue weighted by molar-refractivity contribution is 5.85. The van der Waals surface area contributed by atoms with Gasteiger partial charge in [0.1, 0.15) is 5.82 Å². The highest BCUT2D eigenvalue weighted by atomic mass is 35.5. The maximum absolute atomic E-state index is 13.0. The molecule has 4 rings (SSSR count). The van der Waals surface area contributed by atoms with Gasteiger partial charge in [0, 0.05) is 45.0 Å². The summed E-state index contributed by atoms with van der Waals surface area (Å²) >= 11 is 0. The molecule has 2 heterocycles. The van der Waals surface area contributed by atoms with Crippen LogP contribution >= 0.6 is 24.8 Å². The van der Waals surface area contributed by atoms with Gasteiger partial charge in [-0.25, -0.2) is 9.18 Å². The second kappa shape index (κ2) is 10.5. The molecule has 0 radical (unpaired) electrons. The maximum Gasteiger partial charge on any atom is 0.420 e. The van der Waals surface area contributed by atoms with E-state index in [1.165, 1.54) is 12.1 Å². The molecule has 0 N–H and O–H groups in total. The zero-order valence-corrected chi connectivity index (χ0v) is 17.5. The third kappa shape index (κ3) is 5.41. The van der Waals surface area contributed by atoms with Crippen molar-refractivity contribution in [2.24, 2.45) is 0 Å². The van der Waals surface area contributed by atoms with Gasteiger partial charge in [-0.3, -0.25) is 9.47 Å². The van der Waals surface area contributed by atoms with E-state index in [1.807, 2.05) is 36.4 Å². The van der Waals surface area contributed by atoms with Crippen molar-refractivity contribution in [2.75, 3.05) is 37.6 Å². The van der Waals surface area contributed by atoms with Crippen LogP contribution in [-0.4, -0.2) is 42.2 Å². The Hall–Kier alpha value is -2.28. The Balaban J connectivity index is 0.00000150. The predicted octanol–water partition coefficient (Wildman–Crippen LogP) is 3.96. The highest BCUT2D eigenvalue weighted by Crippen LogP contribution is 2.17. The number of piperazine rings is 1. The van der Waals surface area contributed by atoms with E-state index >= 15 is 0 Å². The first-order valence-electron chi connectivity index (χ1n) is 9.17. The summed E-state index contributed by atoms with van der Waals surface area (Å²) in [6, 6.07) is 14.1. The fourth-order valence-corrected chi connectivity index (χ4v) is 3.43. The second-order valence-corrected chi connectivity index (χ2v) is 6.68. The number of hydrogen-bond acceptors (Lipinski definition) is 4. The van der Waals surface area contributed by atoms with E-state index in [1.54, 1.807) is 10.6 Å². The number of halogens is 3. The SMILES string of the molecule is Cl.Cl.O=c1oc2ccccc2n1C/C=C/CN1CCN(c2ccc(F)cc2)CC1. The lowest BCUT2D eigenvalue weighted by Gasteiger charge is -2.35. The first kappa shape index (κ1) is 23.0. The monoisotopic (exact) mass is 439 g/mol. The Labute approximate surface area is 181 Å². The van der Waals surface area contributed by atoms with Crippen molar-refractivity contribution in [2.45, 2.75) is 6.54 Å². The van der Waals surface area contributed by atoms with E-state index in [2.05, 4.69) is 15.9 Å². The van der Waals surface area contributed by atoms with Crippen molar-refractivity contribution in [3.05, 3.63) is 77.1 Å². The molecular weight excluding hydrogens is 416 g/mol. The molecule has 2 aromatic carbocycles. The molecule has 1 aromatic heterocycles. The molecule has 1 aliphatic heterocycles. The molecule has 29 heavy (non-hydrogen) atoms. The second-order valence-electron chi connectivity index (χ2n) is 6.68. The molecule has 0 bridgehead atoms. The number of para-hydroxylation sites is 2. The molecule has 0 unspecified atom stereocenters. The van der Waals surface area contributed by atoms with Gasteiger partial charge in [0.25, 0.3) is 0 Å². The van der Waals surface area contributed by atoms with Crippen LogP contribution in [-0.2, 0) is 6.54 Å². The number of hydrogen-bond donors (Lipinski definition) is 0. The average molecular weight is 440 g/mol. The van der Waals surface area contributed by atoms with Gasteiger partial charge in [-0.2, -0.15) is 0 Å². The summed E-state index contributed by atoms with van der Waals surface area (Å²) in [5.41, 5.74) is 2.51. The zero-order valence-electron chi connectivity index (χ0n) is 15.9. The molecule has 3 aromatic rings. The van der Waals surface area contributed by atoms with E-state index in [-0.39, 0.29) is 36.4 Å². The minimum absolute atomic E-state index is 0. The van der Waals surface area contributed by atoms with Crippen LogP contribution in [0.25, 0.3) is 11.1 Å². The number of benzene rings is 2. The quantitative estimate of drug-likeness (QED) is 0.564. The fraction of sp³-hybridized carbons (Fsp3) is 0.286. The maximum atomic E-state index is 13.0. The van der Waals surface area contributed by atoms with Gasteiger partial charge in [-0.1, -0.05) is 24.3 Å². The van der Waals surface area contributed by atoms with Crippen LogP contribution in [0, 0.1) is 5.82 Å². The van der Waals surface area contributed by atoms with E-state index in [0.717, 1.165) is 43.9 Å². The van der Waals surface area contributed by atoms with Crippen LogP contribution < -0.4 is 10.7 Å². The number of nitrogens with zero attached hydrogens (tertiary/aromatic N) is 3. The minimum Gasteiger partial charge on any atom is -0.408 e. The van der Waals surface area contributed by atoms with E-state index in [0.29, 0.717) is 12.1 Å². The van der Waals surface area contributed by atoms with Crippen LogP contribution in [0.1, 0.15) is 0 Å². The molecule has 1 saturated heterocycles. The number of aromatic nitrogens is 1. The van der Waals surface area contributed by atoms with Crippen LogP contribution in [0.4, 0.5) is 10.1 Å². The van der Waals surface area contributed by atoms with Crippen molar-refractivity contribution >= 4 is 41.6 Å². The van der Waals surface area contributed by atoms with E-state index in [9.17, 15) is 9.18 Å². The smallest absolute Gasteiger partial charge is 0.408 e. The normalized spacial score (nSPS) is 14.7. The molecule has 1 aliphatic rings. The standard InChI is InChI=1S/C21H22FN3O2.2ClH/c22-17-7-9-18(10-8-17)24-15-13-23(14-16-24)11-3-4-12-25-19-5-1-2-6-20(19)27-21(25)26;;/h1-10H,11-16H2;2*1H/b4-3+;;. The first-order valence-corrected chi connectivity index (χ1v) is 9.17. The Morgan fingerprint density at radius 1 is 0.897 bits per heavy atom. The number of allylic oxidation sites excluding steroid dienone is 1. The van der Waals surface area contributed by atoms with Crippen LogP contribution in [0.15, 0.2) is 69.9 Å². The average Bonchev–Trinajstić information content (AvgIpc) is 3.02. The van der Waals surface area contributed by atoms with Gasteiger partial charge in [-0.05, 0) is 36.4 Å². The molecule has 0 spiro atoms. The summed E-state index contributed by atoms with van der Waals surface area (Å²) in [5, 5.41) is 0. The zero-order chi connectivity index (χ0) is 18.6. The van der Waals surface area contributed by atoms with Gasteiger partial charge in [0.05, 0.1) is 5.52 Å². The lowest BCUT2D eigenvalue weighted by atomic mass is 10.2. The fourth-order valence-electron chi connectivity index (χ4n) is 3.43. The van der Waals surface area contributed by atoms with Gasteiger partial charge in [0.2, 0.25) is 0 Å². The summed E-state index contributed by atoms with van der Waals surface area (Å²) in [7, 11) is 0. The molecule has 0 amide bonds. The van der Waals surface area contributed by atoms with Gasteiger partial charge < -0.3 is 9.32 Å². The van der Waals surface area contributed by atoms with Gasteiger partial charge in [-0.15, -0.1) is 24.8 Å². The number of rotatable bonds is 5. The molecule has 8 heteroatoms. The minimum atomic E-state index is -0.325. The lowest BCUT2D eigenvalue weighted by molar-refractivity contribution is 0.284. The number of oxazole rings is 1. The molecule has 0 saturated carbocycles. The molecule has 0 aliphatic carbocycles. The largest absolute Gasteiger partial charge is 0.420 e. The van der Waals surface area contributed by atoms with Crippen molar-refractivity contribution in [3.8, 4) is 0 Å². The topological polar surface area (TPSA) is 41.6 Å².